The van der Waals surface area contributed by atoms with E-state index in [2.05, 4.69) is 15.2 Å². The van der Waals surface area contributed by atoms with E-state index in [1.807, 2.05) is 0 Å². The Balaban J connectivity index is 1.80. The molecule has 3 N–H and O–H groups in total. The van der Waals surface area contributed by atoms with Crippen molar-refractivity contribution in [3.63, 3.8) is 0 Å². The van der Waals surface area contributed by atoms with Gasteiger partial charge >= 0.3 is 11.9 Å². The van der Waals surface area contributed by atoms with Gasteiger partial charge in [0.2, 0.25) is 5.82 Å². The lowest BCUT2D eigenvalue weighted by Crippen LogP contribution is -2.37. The SMILES string of the molecule is NC(=O)c1nc(Cn2nc(-c3ccc(Cl)cc3)n(CC(O)C(F)(F)F)c2=O)nn1-c1c(F)cccc1F. The van der Waals surface area contributed by atoms with Gasteiger partial charge in [-0.2, -0.15) is 13.2 Å². The third-order valence-corrected chi connectivity index (χ3v) is 5.32. The number of aromatic nitrogens is 6. The van der Waals surface area contributed by atoms with E-state index in [0.29, 0.717) is 19.0 Å². The number of carbonyl (C=O) groups excluding carboxylic acids is 1. The van der Waals surface area contributed by atoms with Crippen LogP contribution in [0, 0.1) is 11.6 Å². The summed E-state index contributed by atoms with van der Waals surface area (Å²) in [6, 6.07) is 8.50. The Bertz CT molecular complexity index is 1510. The lowest BCUT2D eigenvalue weighted by Gasteiger charge is -2.15. The second-order valence-corrected chi connectivity index (χ2v) is 8.07. The number of para-hydroxylation sites is 1. The topological polar surface area (TPSA) is 134 Å². The molecule has 16 heteroatoms. The molecule has 0 aliphatic carbocycles. The van der Waals surface area contributed by atoms with Crippen molar-refractivity contribution < 1.29 is 31.9 Å². The summed E-state index contributed by atoms with van der Waals surface area (Å²) in [5.74, 6) is -4.66. The highest BCUT2D eigenvalue weighted by Crippen LogP contribution is 2.24. The van der Waals surface area contributed by atoms with Crippen molar-refractivity contribution in [2.45, 2.75) is 25.4 Å². The van der Waals surface area contributed by atoms with Crippen molar-refractivity contribution in [3.8, 4) is 17.1 Å². The molecule has 194 valence electrons. The number of carbonyl (C=O) groups is 1. The highest BCUT2D eigenvalue weighted by atomic mass is 35.5. The molecule has 4 rings (SSSR count). The molecule has 1 atom stereocenters. The molecule has 0 saturated heterocycles. The first-order valence-electron chi connectivity index (χ1n) is 10.2. The van der Waals surface area contributed by atoms with E-state index in [1.165, 1.54) is 24.3 Å². The van der Waals surface area contributed by atoms with Gasteiger partial charge in [-0.15, -0.1) is 10.2 Å². The minimum absolute atomic E-state index is 0.194. The number of amides is 1. The lowest BCUT2D eigenvalue weighted by molar-refractivity contribution is -0.207. The summed E-state index contributed by atoms with van der Waals surface area (Å²) in [5.41, 5.74) is 3.60. The molecule has 0 fully saturated rings. The fraction of sp³-hybridized carbons (Fsp3) is 0.190. The van der Waals surface area contributed by atoms with Crippen LogP contribution < -0.4 is 11.4 Å². The van der Waals surface area contributed by atoms with E-state index in [0.717, 1.165) is 18.2 Å². The van der Waals surface area contributed by atoms with Crippen molar-refractivity contribution in [1.29, 1.82) is 0 Å². The van der Waals surface area contributed by atoms with E-state index in [4.69, 9.17) is 17.3 Å². The number of aliphatic hydroxyl groups excluding tert-OH is 1. The van der Waals surface area contributed by atoms with Crippen LogP contribution in [0.3, 0.4) is 0 Å². The molecule has 0 saturated carbocycles. The predicted molar refractivity (Wildman–Crippen MR) is 118 cm³/mol. The van der Waals surface area contributed by atoms with Crippen LogP contribution in [-0.2, 0) is 13.1 Å². The van der Waals surface area contributed by atoms with Crippen LogP contribution in [0.15, 0.2) is 47.3 Å². The van der Waals surface area contributed by atoms with Crippen LogP contribution in [0.5, 0.6) is 0 Å². The summed E-state index contributed by atoms with van der Waals surface area (Å²) in [7, 11) is 0. The van der Waals surface area contributed by atoms with Crippen LogP contribution in [0.4, 0.5) is 22.0 Å². The number of benzene rings is 2. The molecule has 37 heavy (non-hydrogen) atoms. The van der Waals surface area contributed by atoms with Crippen molar-refractivity contribution in [1.82, 2.24) is 29.1 Å². The molecule has 4 aromatic rings. The van der Waals surface area contributed by atoms with Crippen LogP contribution in [-0.4, -0.2) is 52.4 Å². The van der Waals surface area contributed by atoms with Gasteiger partial charge in [-0.25, -0.2) is 27.9 Å². The summed E-state index contributed by atoms with van der Waals surface area (Å²) < 4.78 is 69.4. The standard InChI is InChI=1S/C21H15ClF5N7O3/c22-11-6-4-10(5-7-11)18-31-33(20(37)32(18)8-14(35)21(25,26)27)9-15-29-19(17(28)36)34(30-15)16-12(23)2-1-3-13(16)24/h1-7,14,35H,8-9H2,(H2,28,36). The van der Waals surface area contributed by atoms with Gasteiger partial charge in [0, 0.05) is 10.6 Å². The van der Waals surface area contributed by atoms with Gasteiger partial charge in [0.25, 0.3) is 5.91 Å². The molecule has 0 spiro atoms. The van der Waals surface area contributed by atoms with Crippen LogP contribution in [0.2, 0.25) is 5.02 Å². The fourth-order valence-electron chi connectivity index (χ4n) is 3.36. The van der Waals surface area contributed by atoms with E-state index in [-0.39, 0.29) is 17.2 Å². The maximum atomic E-state index is 14.3. The minimum Gasteiger partial charge on any atom is -0.382 e. The molecule has 1 unspecified atom stereocenters. The zero-order valence-electron chi connectivity index (χ0n) is 18.3. The van der Waals surface area contributed by atoms with E-state index >= 15 is 0 Å². The zero-order chi connectivity index (χ0) is 27.1. The molecule has 0 radical (unpaired) electrons. The number of hydrogen-bond donors (Lipinski definition) is 2. The third-order valence-electron chi connectivity index (χ3n) is 5.07. The lowest BCUT2D eigenvalue weighted by atomic mass is 10.2. The molecule has 2 aromatic carbocycles. The summed E-state index contributed by atoms with van der Waals surface area (Å²) in [6.07, 6.45) is -7.92. The van der Waals surface area contributed by atoms with Gasteiger partial charge in [-0.05, 0) is 36.4 Å². The van der Waals surface area contributed by atoms with Crippen LogP contribution in [0.25, 0.3) is 17.1 Å². The van der Waals surface area contributed by atoms with Gasteiger partial charge < -0.3 is 10.8 Å². The first-order chi connectivity index (χ1) is 17.4. The minimum atomic E-state index is -5.03. The quantitative estimate of drug-likeness (QED) is 0.344. The number of hydrogen-bond acceptors (Lipinski definition) is 6. The monoisotopic (exact) mass is 543 g/mol. The van der Waals surface area contributed by atoms with Gasteiger partial charge in [-0.3, -0.25) is 9.36 Å². The number of aliphatic hydroxyl groups is 1. The van der Waals surface area contributed by atoms with Gasteiger partial charge in [0.05, 0.1) is 6.54 Å². The molecule has 1 amide bonds. The number of primary amides is 1. The van der Waals surface area contributed by atoms with E-state index < -0.39 is 60.1 Å². The summed E-state index contributed by atoms with van der Waals surface area (Å²) in [6.45, 7) is -1.81. The largest absolute Gasteiger partial charge is 0.416 e. The van der Waals surface area contributed by atoms with Crippen molar-refractivity contribution >= 4 is 17.5 Å². The third kappa shape index (κ3) is 5.22. The van der Waals surface area contributed by atoms with Crippen molar-refractivity contribution in [2.24, 2.45) is 5.73 Å². The summed E-state index contributed by atoms with van der Waals surface area (Å²) in [4.78, 5) is 28.7. The Hall–Kier alpha value is -4.11. The first-order valence-corrected chi connectivity index (χ1v) is 10.6. The normalized spacial score (nSPS) is 12.6. The number of alkyl halides is 3. The molecule has 10 nitrogen and oxygen atoms in total. The Morgan fingerprint density at radius 1 is 1.08 bits per heavy atom. The number of nitrogens with two attached hydrogens (primary N) is 1. The number of halogens is 6. The summed E-state index contributed by atoms with van der Waals surface area (Å²) in [5, 5.41) is 17.7. The predicted octanol–water partition coefficient (Wildman–Crippen LogP) is 2.29. The summed E-state index contributed by atoms with van der Waals surface area (Å²) >= 11 is 5.85. The highest BCUT2D eigenvalue weighted by molar-refractivity contribution is 6.30. The maximum Gasteiger partial charge on any atom is 0.416 e. The van der Waals surface area contributed by atoms with Gasteiger partial charge in [-0.1, -0.05) is 17.7 Å². The van der Waals surface area contributed by atoms with Gasteiger partial charge in [0.1, 0.15) is 12.2 Å². The van der Waals surface area contributed by atoms with Gasteiger partial charge in [0.15, 0.2) is 29.4 Å². The Morgan fingerprint density at radius 3 is 2.27 bits per heavy atom. The smallest absolute Gasteiger partial charge is 0.382 e. The average molecular weight is 544 g/mol. The Labute approximate surface area is 208 Å². The fourth-order valence-corrected chi connectivity index (χ4v) is 3.49. The van der Waals surface area contributed by atoms with E-state index in [1.54, 1.807) is 0 Å². The molecular weight excluding hydrogens is 529 g/mol. The average Bonchev–Trinajstić information content (AvgIpc) is 3.36. The second-order valence-electron chi connectivity index (χ2n) is 7.64. The Kier molecular flexibility index (Phi) is 6.84. The highest BCUT2D eigenvalue weighted by Gasteiger charge is 2.39. The number of rotatable bonds is 7. The first kappa shape index (κ1) is 26.0. The number of nitrogens with zero attached hydrogens (tertiary/aromatic N) is 6. The van der Waals surface area contributed by atoms with Crippen molar-refractivity contribution in [3.05, 3.63) is 81.3 Å². The van der Waals surface area contributed by atoms with E-state index in [9.17, 15) is 36.6 Å². The molecule has 0 aliphatic rings. The second kappa shape index (κ2) is 9.74. The molecule has 2 heterocycles. The maximum absolute atomic E-state index is 14.3. The molecule has 2 aromatic heterocycles. The zero-order valence-corrected chi connectivity index (χ0v) is 19.1. The van der Waals surface area contributed by atoms with Crippen LogP contribution in [0.1, 0.15) is 16.4 Å². The Morgan fingerprint density at radius 2 is 1.70 bits per heavy atom. The van der Waals surface area contributed by atoms with Crippen molar-refractivity contribution in [2.75, 3.05) is 0 Å². The van der Waals surface area contributed by atoms with Crippen LogP contribution >= 0.6 is 11.6 Å². The molecular formula is C21H15ClF5N7O3. The molecule has 0 aliphatic heterocycles. The molecule has 0 bridgehead atoms.